The van der Waals surface area contributed by atoms with Crippen LogP contribution in [0, 0.1) is 5.82 Å². The molecule has 5 nitrogen and oxygen atoms in total. The summed E-state index contributed by atoms with van der Waals surface area (Å²) in [7, 11) is -3.58. The molecule has 1 N–H and O–H groups in total. The molecule has 0 radical (unpaired) electrons. The van der Waals surface area contributed by atoms with Gasteiger partial charge in [0.1, 0.15) is 5.82 Å². The van der Waals surface area contributed by atoms with Crippen LogP contribution in [0.5, 0.6) is 0 Å². The van der Waals surface area contributed by atoms with Crippen LogP contribution in [0.3, 0.4) is 0 Å². The number of nitrogens with zero attached hydrogens (tertiary/aromatic N) is 1. The Labute approximate surface area is 156 Å². The maximum atomic E-state index is 13.1. The van der Waals surface area contributed by atoms with Gasteiger partial charge >= 0.3 is 0 Å². The molecule has 2 aromatic carbocycles. The van der Waals surface area contributed by atoms with E-state index in [-0.39, 0.29) is 27.4 Å². The molecule has 0 saturated carbocycles. The van der Waals surface area contributed by atoms with Crippen LogP contribution in [0.2, 0.25) is 5.02 Å². The van der Waals surface area contributed by atoms with Crippen molar-refractivity contribution in [2.75, 3.05) is 13.1 Å². The highest BCUT2D eigenvalue weighted by Crippen LogP contribution is 2.22. The highest BCUT2D eigenvalue weighted by molar-refractivity contribution is 7.89. The summed E-state index contributed by atoms with van der Waals surface area (Å²) in [6, 6.07) is 11.6. The molecule has 1 saturated heterocycles. The van der Waals surface area contributed by atoms with Gasteiger partial charge in [-0.05, 0) is 43.2 Å². The van der Waals surface area contributed by atoms with Crippen molar-refractivity contribution in [3.05, 3.63) is 64.9 Å². The van der Waals surface area contributed by atoms with Crippen LogP contribution in [0.1, 0.15) is 23.2 Å². The largest absolute Gasteiger partial charge is 0.338 e. The molecule has 0 bridgehead atoms. The second-order valence-electron chi connectivity index (χ2n) is 6.12. The van der Waals surface area contributed by atoms with E-state index in [1.54, 1.807) is 23.1 Å². The van der Waals surface area contributed by atoms with E-state index in [9.17, 15) is 17.6 Å². The Morgan fingerprint density at radius 2 is 1.77 bits per heavy atom. The molecular weight excluding hydrogens is 379 g/mol. The molecule has 0 aliphatic carbocycles. The molecule has 26 heavy (non-hydrogen) atoms. The van der Waals surface area contributed by atoms with Gasteiger partial charge in [-0.3, -0.25) is 4.79 Å². The third-order valence-corrected chi connectivity index (χ3v) is 6.17. The third kappa shape index (κ3) is 4.23. The monoisotopic (exact) mass is 396 g/mol. The van der Waals surface area contributed by atoms with E-state index >= 15 is 0 Å². The minimum Gasteiger partial charge on any atom is -0.338 e. The molecule has 0 spiro atoms. The fourth-order valence-electron chi connectivity index (χ4n) is 2.92. The molecule has 1 aliphatic rings. The third-order valence-electron chi connectivity index (χ3n) is 4.32. The van der Waals surface area contributed by atoms with Crippen molar-refractivity contribution < 1.29 is 17.6 Å². The summed E-state index contributed by atoms with van der Waals surface area (Å²) >= 11 is 5.95. The topological polar surface area (TPSA) is 66.5 Å². The Balaban J connectivity index is 1.61. The number of carbonyl (C=O) groups is 1. The number of piperidine rings is 1. The van der Waals surface area contributed by atoms with Gasteiger partial charge in [0.05, 0.1) is 15.5 Å². The Morgan fingerprint density at radius 3 is 2.38 bits per heavy atom. The van der Waals surface area contributed by atoms with Crippen LogP contribution in [0.15, 0.2) is 53.4 Å². The number of rotatable bonds is 4. The van der Waals surface area contributed by atoms with E-state index in [0.717, 1.165) is 6.07 Å². The molecule has 1 heterocycles. The lowest BCUT2D eigenvalue weighted by Gasteiger charge is -2.32. The number of halogens is 2. The van der Waals surface area contributed by atoms with Crippen molar-refractivity contribution in [3.8, 4) is 0 Å². The second kappa shape index (κ2) is 7.73. The van der Waals surface area contributed by atoms with Crippen molar-refractivity contribution in [3.63, 3.8) is 0 Å². The highest BCUT2D eigenvalue weighted by atomic mass is 35.5. The molecule has 1 aliphatic heterocycles. The molecular formula is C18H18ClFN2O3S. The second-order valence-corrected chi connectivity index (χ2v) is 8.25. The van der Waals surface area contributed by atoms with Gasteiger partial charge in [0.2, 0.25) is 10.0 Å². The summed E-state index contributed by atoms with van der Waals surface area (Å²) in [5.41, 5.74) is 0.247. The first-order valence-electron chi connectivity index (χ1n) is 8.18. The lowest BCUT2D eigenvalue weighted by Crippen LogP contribution is -2.46. The zero-order valence-electron chi connectivity index (χ0n) is 13.9. The molecule has 1 amide bonds. The number of amides is 1. The number of hydrogen-bond acceptors (Lipinski definition) is 3. The van der Waals surface area contributed by atoms with Crippen LogP contribution >= 0.6 is 11.6 Å². The Bertz CT molecular complexity index is 898. The maximum Gasteiger partial charge on any atom is 0.255 e. The number of sulfonamides is 1. The summed E-state index contributed by atoms with van der Waals surface area (Å²) in [6.07, 6.45) is 0.993. The SMILES string of the molecule is O=C(c1ccc(F)cc1Cl)N1CCC(NS(=O)(=O)c2ccccc2)CC1. The number of likely N-dealkylation sites (tertiary alicyclic amines) is 1. The molecule has 0 unspecified atom stereocenters. The Morgan fingerprint density at radius 1 is 1.12 bits per heavy atom. The van der Waals surface area contributed by atoms with Gasteiger partial charge in [0.25, 0.3) is 5.91 Å². The van der Waals surface area contributed by atoms with E-state index in [1.807, 2.05) is 0 Å². The van der Waals surface area contributed by atoms with Crippen LogP contribution in [-0.4, -0.2) is 38.4 Å². The fraction of sp³-hybridized carbons (Fsp3) is 0.278. The first kappa shape index (κ1) is 18.8. The van der Waals surface area contributed by atoms with Crippen LogP contribution in [0.4, 0.5) is 4.39 Å². The van der Waals surface area contributed by atoms with Crippen LogP contribution in [0.25, 0.3) is 0 Å². The van der Waals surface area contributed by atoms with E-state index in [0.29, 0.717) is 25.9 Å². The van der Waals surface area contributed by atoms with E-state index in [4.69, 9.17) is 11.6 Å². The summed E-state index contributed by atoms with van der Waals surface area (Å²) < 4.78 is 40.6. The van der Waals surface area contributed by atoms with Gasteiger partial charge < -0.3 is 4.90 Å². The van der Waals surface area contributed by atoms with Crippen LogP contribution in [-0.2, 0) is 10.0 Å². The van der Waals surface area contributed by atoms with Crippen molar-refractivity contribution in [2.45, 2.75) is 23.8 Å². The summed E-state index contributed by atoms with van der Waals surface area (Å²) in [5.74, 6) is -0.778. The van der Waals surface area contributed by atoms with Gasteiger partial charge in [-0.2, -0.15) is 0 Å². The van der Waals surface area contributed by atoms with E-state index in [1.165, 1.54) is 24.3 Å². The zero-order chi connectivity index (χ0) is 18.7. The predicted octanol–water partition coefficient (Wildman–Crippen LogP) is 3.06. The molecule has 3 rings (SSSR count). The molecule has 0 aromatic heterocycles. The van der Waals surface area contributed by atoms with Crippen molar-refractivity contribution in [1.82, 2.24) is 9.62 Å². The predicted molar refractivity (Wildman–Crippen MR) is 97.1 cm³/mol. The number of carbonyl (C=O) groups excluding carboxylic acids is 1. The highest BCUT2D eigenvalue weighted by Gasteiger charge is 2.27. The van der Waals surface area contributed by atoms with Gasteiger partial charge in [-0.25, -0.2) is 17.5 Å². The number of benzene rings is 2. The summed E-state index contributed by atoms with van der Waals surface area (Å²) in [4.78, 5) is 14.3. The average molecular weight is 397 g/mol. The average Bonchev–Trinajstić information content (AvgIpc) is 2.62. The van der Waals surface area contributed by atoms with E-state index in [2.05, 4.69) is 4.72 Å². The maximum absolute atomic E-state index is 13.1. The quantitative estimate of drug-likeness (QED) is 0.863. The molecule has 8 heteroatoms. The standard InChI is InChI=1S/C18H18ClFN2O3S/c19-17-12-13(20)6-7-16(17)18(23)22-10-8-14(9-11-22)21-26(24,25)15-4-2-1-3-5-15/h1-7,12,14,21H,8-11H2. The van der Waals surface area contributed by atoms with E-state index < -0.39 is 15.8 Å². The Kier molecular flexibility index (Phi) is 5.60. The van der Waals surface area contributed by atoms with Gasteiger partial charge in [-0.1, -0.05) is 29.8 Å². The zero-order valence-corrected chi connectivity index (χ0v) is 15.4. The molecule has 138 valence electrons. The summed E-state index contributed by atoms with van der Waals surface area (Å²) in [6.45, 7) is 0.795. The smallest absolute Gasteiger partial charge is 0.255 e. The summed E-state index contributed by atoms with van der Waals surface area (Å²) in [5, 5.41) is 0.0712. The molecule has 2 aromatic rings. The fourth-order valence-corrected chi connectivity index (χ4v) is 4.49. The minimum atomic E-state index is -3.58. The van der Waals surface area contributed by atoms with Crippen molar-refractivity contribution >= 4 is 27.5 Å². The van der Waals surface area contributed by atoms with Crippen molar-refractivity contribution in [1.29, 1.82) is 0 Å². The molecule has 0 atom stereocenters. The number of hydrogen-bond donors (Lipinski definition) is 1. The van der Waals surface area contributed by atoms with Gasteiger partial charge in [0, 0.05) is 19.1 Å². The Hall–Kier alpha value is -1.96. The minimum absolute atomic E-state index is 0.0712. The lowest BCUT2D eigenvalue weighted by molar-refractivity contribution is 0.0711. The lowest BCUT2D eigenvalue weighted by atomic mass is 10.0. The van der Waals surface area contributed by atoms with Gasteiger partial charge in [0.15, 0.2) is 0 Å². The first-order valence-corrected chi connectivity index (χ1v) is 10.0. The normalized spacial score (nSPS) is 15.8. The van der Waals surface area contributed by atoms with Crippen molar-refractivity contribution in [2.24, 2.45) is 0 Å². The molecule has 1 fully saturated rings. The number of nitrogens with one attached hydrogen (secondary N) is 1. The van der Waals surface area contributed by atoms with Crippen LogP contribution < -0.4 is 4.72 Å². The first-order chi connectivity index (χ1) is 12.4. The van der Waals surface area contributed by atoms with Gasteiger partial charge in [-0.15, -0.1) is 0 Å².